The molecule has 0 N–H and O–H groups in total. The third kappa shape index (κ3) is 3.07. The molecule has 0 aliphatic carbocycles. The topological polar surface area (TPSA) is 58.7 Å². The van der Waals surface area contributed by atoms with Crippen LogP contribution < -0.4 is 5.56 Å². The molecule has 0 bridgehead atoms. The Morgan fingerprint density at radius 1 is 1.07 bits per heavy atom. The molecule has 2 aromatic heterocycles. The number of aryl methyl sites for hydroxylation is 1. The maximum absolute atomic E-state index is 13.1. The van der Waals surface area contributed by atoms with Gasteiger partial charge in [-0.2, -0.15) is 5.26 Å². The van der Waals surface area contributed by atoms with E-state index in [-0.39, 0.29) is 5.56 Å². The van der Waals surface area contributed by atoms with Crippen molar-refractivity contribution in [1.82, 2.24) is 9.55 Å². The zero-order valence-corrected chi connectivity index (χ0v) is 15.4. The van der Waals surface area contributed by atoms with Crippen molar-refractivity contribution in [2.24, 2.45) is 0 Å². The average Bonchev–Trinajstić information content (AvgIpc) is 3.16. The van der Waals surface area contributed by atoms with Gasteiger partial charge in [-0.1, -0.05) is 36.4 Å². The Balaban J connectivity index is 1.96. The van der Waals surface area contributed by atoms with Crippen molar-refractivity contribution in [2.75, 3.05) is 0 Å². The molecule has 0 aliphatic rings. The highest BCUT2D eigenvalue weighted by Gasteiger charge is 2.13. The summed E-state index contributed by atoms with van der Waals surface area (Å²) in [5.41, 5.74) is 3.76. The zero-order valence-electron chi connectivity index (χ0n) is 14.6. The van der Waals surface area contributed by atoms with Gasteiger partial charge in [0.2, 0.25) is 0 Å². The van der Waals surface area contributed by atoms with E-state index in [1.807, 2.05) is 66.9 Å². The van der Waals surface area contributed by atoms with Crippen molar-refractivity contribution in [1.29, 1.82) is 5.26 Å². The van der Waals surface area contributed by atoms with Crippen LogP contribution in [0, 0.1) is 18.3 Å². The van der Waals surface area contributed by atoms with E-state index in [1.165, 1.54) is 11.3 Å². The highest BCUT2D eigenvalue weighted by molar-refractivity contribution is 7.17. The van der Waals surface area contributed by atoms with Crippen LogP contribution in [-0.2, 0) is 0 Å². The molecule has 0 spiro atoms. The lowest BCUT2D eigenvalue weighted by atomic mass is 10.1. The van der Waals surface area contributed by atoms with Crippen LogP contribution in [0.1, 0.15) is 22.5 Å². The van der Waals surface area contributed by atoms with Gasteiger partial charge in [0, 0.05) is 0 Å². The number of nitrogens with zero attached hydrogens (tertiary/aromatic N) is 3. The first kappa shape index (κ1) is 17.0. The second kappa shape index (κ2) is 7.02. The Labute approximate surface area is 160 Å². The maximum Gasteiger partial charge on any atom is 0.276 e. The highest BCUT2D eigenvalue weighted by atomic mass is 32.1. The minimum Gasteiger partial charge on any atom is -0.267 e. The second-order valence-corrected chi connectivity index (χ2v) is 6.98. The highest BCUT2D eigenvalue weighted by Crippen LogP contribution is 2.21. The number of rotatable bonds is 3. The molecule has 4 nitrogen and oxygen atoms in total. The SMILES string of the molecule is Cc1ccccc1-n1c(/C=C/c2ccccc2C#N)nc2ccsc2c1=O. The molecule has 4 rings (SSSR count). The summed E-state index contributed by atoms with van der Waals surface area (Å²) in [5, 5.41) is 11.2. The van der Waals surface area contributed by atoms with Gasteiger partial charge in [0.1, 0.15) is 10.5 Å². The number of benzene rings is 2. The van der Waals surface area contributed by atoms with Crippen molar-refractivity contribution in [3.8, 4) is 11.8 Å². The average molecular weight is 369 g/mol. The summed E-state index contributed by atoms with van der Waals surface area (Å²) < 4.78 is 2.27. The molecule has 0 fully saturated rings. The van der Waals surface area contributed by atoms with Crippen LogP contribution in [-0.4, -0.2) is 9.55 Å². The number of nitriles is 1. The number of hydrogen-bond acceptors (Lipinski definition) is 4. The van der Waals surface area contributed by atoms with E-state index >= 15 is 0 Å². The van der Waals surface area contributed by atoms with Gasteiger partial charge in [-0.3, -0.25) is 9.36 Å². The number of aromatic nitrogens is 2. The fraction of sp³-hybridized carbons (Fsp3) is 0.0455. The summed E-state index contributed by atoms with van der Waals surface area (Å²) in [6.45, 7) is 1.97. The molecule has 0 saturated heterocycles. The summed E-state index contributed by atoms with van der Waals surface area (Å²) in [6.07, 6.45) is 3.62. The first-order valence-corrected chi connectivity index (χ1v) is 9.30. The van der Waals surface area contributed by atoms with Crippen LogP contribution in [0.4, 0.5) is 0 Å². The summed E-state index contributed by atoms with van der Waals surface area (Å²) in [4.78, 5) is 17.8. The van der Waals surface area contributed by atoms with Crippen molar-refractivity contribution >= 4 is 33.7 Å². The van der Waals surface area contributed by atoms with E-state index in [4.69, 9.17) is 0 Å². The van der Waals surface area contributed by atoms with E-state index in [2.05, 4.69) is 11.1 Å². The van der Waals surface area contributed by atoms with E-state index < -0.39 is 0 Å². The Kier molecular flexibility index (Phi) is 4.41. The molecule has 0 radical (unpaired) electrons. The Morgan fingerprint density at radius 2 is 1.85 bits per heavy atom. The van der Waals surface area contributed by atoms with Crippen LogP contribution >= 0.6 is 11.3 Å². The summed E-state index contributed by atoms with van der Waals surface area (Å²) in [7, 11) is 0. The lowest BCUT2D eigenvalue weighted by molar-refractivity contribution is 0.938. The Bertz CT molecular complexity index is 1270. The fourth-order valence-corrected chi connectivity index (χ4v) is 3.76. The quantitative estimate of drug-likeness (QED) is 0.521. The minimum absolute atomic E-state index is 0.0856. The summed E-state index contributed by atoms with van der Waals surface area (Å²) >= 11 is 1.39. The number of hydrogen-bond donors (Lipinski definition) is 0. The van der Waals surface area contributed by atoms with Gasteiger partial charge in [-0.15, -0.1) is 11.3 Å². The molecule has 0 aliphatic heterocycles. The Hall–Kier alpha value is -3.49. The third-order valence-electron chi connectivity index (χ3n) is 4.36. The minimum atomic E-state index is -0.0856. The normalized spacial score (nSPS) is 11.1. The first-order chi connectivity index (χ1) is 13.2. The molecule has 27 heavy (non-hydrogen) atoms. The van der Waals surface area contributed by atoms with E-state index in [0.717, 1.165) is 16.8 Å². The van der Waals surface area contributed by atoms with Gasteiger partial charge < -0.3 is 0 Å². The lowest BCUT2D eigenvalue weighted by Crippen LogP contribution is -2.22. The van der Waals surface area contributed by atoms with Crippen LogP contribution in [0.3, 0.4) is 0 Å². The van der Waals surface area contributed by atoms with Gasteiger partial charge >= 0.3 is 0 Å². The zero-order chi connectivity index (χ0) is 18.8. The summed E-state index contributed by atoms with van der Waals surface area (Å²) in [5.74, 6) is 0.535. The second-order valence-electron chi connectivity index (χ2n) is 6.06. The molecule has 130 valence electrons. The molecule has 0 amide bonds. The largest absolute Gasteiger partial charge is 0.276 e. The van der Waals surface area contributed by atoms with Gasteiger partial charge in [0.05, 0.1) is 22.8 Å². The van der Waals surface area contributed by atoms with Crippen LogP contribution in [0.2, 0.25) is 0 Å². The van der Waals surface area contributed by atoms with Gasteiger partial charge in [-0.05, 0) is 53.8 Å². The molecule has 2 heterocycles. The van der Waals surface area contributed by atoms with Crippen molar-refractivity contribution < 1.29 is 0 Å². The molecule has 0 atom stereocenters. The smallest absolute Gasteiger partial charge is 0.267 e. The predicted octanol–water partition coefficient (Wildman–Crippen LogP) is 4.80. The molecule has 4 aromatic rings. The third-order valence-corrected chi connectivity index (χ3v) is 5.25. The fourth-order valence-electron chi connectivity index (χ4n) is 3.00. The van der Waals surface area contributed by atoms with Crippen molar-refractivity contribution in [2.45, 2.75) is 6.92 Å². The van der Waals surface area contributed by atoms with Crippen LogP contribution in [0.5, 0.6) is 0 Å². The van der Waals surface area contributed by atoms with E-state index in [9.17, 15) is 10.1 Å². The van der Waals surface area contributed by atoms with Gasteiger partial charge in [0.15, 0.2) is 0 Å². The van der Waals surface area contributed by atoms with Gasteiger partial charge in [0.25, 0.3) is 5.56 Å². The lowest BCUT2D eigenvalue weighted by Gasteiger charge is -2.12. The van der Waals surface area contributed by atoms with Crippen LogP contribution in [0.25, 0.3) is 28.1 Å². The summed E-state index contributed by atoms with van der Waals surface area (Å²) in [6, 6.07) is 19.1. The van der Waals surface area contributed by atoms with Crippen LogP contribution in [0.15, 0.2) is 64.8 Å². The molecular formula is C22H15N3OS. The van der Waals surface area contributed by atoms with Crippen molar-refractivity contribution in [3.05, 3.63) is 92.8 Å². The van der Waals surface area contributed by atoms with Gasteiger partial charge in [-0.25, -0.2) is 4.98 Å². The van der Waals surface area contributed by atoms with Crippen molar-refractivity contribution in [3.63, 3.8) is 0 Å². The molecule has 0 saturated carbocycles. The number of thiophene rings is 1. The molecule has 2 aromatic carbocycles. The maximum atomic E-state index is 13.1. The standard InChI is InChI=1S/C22H15N3OS/c1-15-6-2-5-9-19(15)25-20(24-18-12-13-27-21(18)22(25)26)11-10-16-7-3-4-8-17(16)14-23/h2-13H,1H3/b11-10+. The monoisotopic (exact) mass is 369 g/mol. The number of para-hydroxylation sites is 1. The molecular weight excluding hydrogens is 354 g/mol. The van der Waals surface area contributed by atoms with E-state index in [0.29, 0.717) is 21.6 Å². The number of fused-ring (bicyclic) bond motifs is 1. The molecule has 5 heteroatoms. The predicted molar refractivity (Wildman–Crippen MR) is 110 cm³/mol. The first-order valence-electron chi connectivity index (χ1n) is 8.42. The Morgan fingerprint density at radius 3 is 2.67 bits per heavy atom. The molecule has 0 unspecified atom stereocenters. The van der Waals surface area contributed by atoms with E-state index in [1.54, 1.807) is 16.7 Å².